The number of aromatic nitrogens is 1. The van der Waals surface area contributed by atoms with Gasteiger partial charge < -0.3 is 36.2 Å². The van der Waals surface area contributed by atoms with Crippen LogP contribution < -0.4 is 26.6 Å². The smallest absolute Gasteiger partial charge is 0.308 e. The van der Waals surface area contributed by atoms with Crippen LogP contribution >= 0.6 is 11.3 Å². The number of rotatable bonds is 11. The topological polar surface area (TPSA) is 200 Å². The number of carbonyl (C=O) groups is 6. The lowest BCUT2D eigenvalue weighted by atomic mass is 9.83. The van der Waals surface area contributed by atoms with E-state index in [1.807, 2.05) is 99.6 Å². The number of ether oxygens (including phenoxy) is 1. The minimum absolute atomic E-state index is 0.118. The van der Waals surface area contributed by atoms with E-state index in [1.165, 1.54) is 18.4 Å². The molecule has 5 amide bonds. The molecular formula is C42H62N8O7S. The molecule has 2 aliphatic heterocycles. The molecule has 58 heavy (non-hydrogen) atoms. The summed E-state index contributed by atoms with van der Waals surface area (Å²) in [5.41, 5.74) is -0.746. The number of nitrogens with one attached hydrogen (secondary N) is 5. The van der Waals surface area contributed by atoms with Gasteiger partial charge in [0.15, 0.2) is 0 Å². The molecule has 4 rings (SSSR count). The lowest BCUT2D eigenvalue weighted by Crippen LogP contribution is -2.63. The van der Waals surface area contributed by atoms with E-state index in [2.05, 4.69) is 31.6 Å². The van der Waals surface area contributed by atoms with Crippen molar-refractivity contribution in [2.75, 3.05) is 20.2 Å². The molecule has 0 radical (unpaired) electrons. The van der Waals surface area contributed by atoms with Crippen LogP contribution in [0.3, 0.4) is 0 Å². The molecule has 0 saturated carbocycles. The molecule has 0 bridgehead atoms. The Balaban J connectivity index is 1.79. The Labute approximate surface area is 346 Å². The molecule has 1 aromatic carbocycles. The van der Waals surface area contributed by atoms with E-state index in [1.54, 1.807) is 16.5 Å². The molecule has 5 N–H and O–H groups in total. The maximum atomic E-state index is 14.8. The summed E-state index contributed by atoms with van der Waals surface area (Å²) in [5.74, 6) is -3.49. The molecule has 318 valence electrons. The normalized spacial score (nSPS) is 23.6. The fourth-order valence-corrected chi connectivity index (χ4v) is 8.01. The van der Waals surface area contributed by atoms with Crippen molar-refractivity contribution in [2.45, 2.75) is 124 Å². The minimum atomic E-state index is -1.14. The van der Waals surface area contributed by atoms with Crippen LogP contribution in [-0.2, 0) is 33.5 Å². The largest absolute Gasteiger partial charge is 0.469 e. The summed E-state index contributed by atoms with van der Waals surface area (Å²) >= 11 is 1.28. The second-order valence-electron chi connectivity index (χ2n) is 17.9. The summed E-state index contributed by atoms with van der Waals surface area (Å²) in [4.78, 5) is 94.1. The number of benzene rings is 1. The highest BCUT2D eigenvalue weighted by Gasteiger charge is 2.44. The summed E-state index contributed by atoms with van der Waals surface area (Å²) in [5, 5.41) is 17.4. The number of aliphatic imine (C=N–C) groups is 1. The molecule has 0 aliphatic carbocycles. The second kappa shape index (κ2) is 19.3. The highest BCUT2D eigenvalue weighted by molar-refractivity contribution is 7.09. The van der Waals surface area contributed by atoms with Crippen molar-refractivity contribution in [1.29, 1.82) is 0 Å². The number of carbonyl (C=O) groups excluding carboxylic acids is 6. The predicted molar refractivity (Wildman–Crippen MR) is 223 cm³/mol. The van der Waals surface area contributed by atoms with Crippen LogP contribution in [0.25, 0.3) is 0 Å². The van der Waals surface area contributed by atoms with Crippen LogP contribution in [0.15, 0.2) is 46.9 Å². The van der Waals surface area contributed by atoms with Gasteiger partial charge in [-0.1, -0.05) is 99.6 Å². The van der Waals surface area contributed by atoms with Gasteiger partial charge in [0.1, 0.15) is 35.0 Å². The lowest BCUT2D eigenvalue weighted by Gasteiger charge is -2.38. The van der Waals surface area contributed by atoms with Crippen LogP contribution in [0.1, 0.15) is 105 Å². The summed E-state index contributed by atoms with van der Waals surface area (Å²) < 4.78 is 4.91. The summed E-state index contributed by atoms with van der Waals surface area (Å²) in [6, 6.07) is 3.72. The van der Waals surface area contributed by atoms with E-state index >= 15 is 0 Å². The Bertz CT molecular complexity index is 1800. The average molecular weight is 823 g/mol. The number of amidine groups is 1. The van der Waals surface area contributed by atoms with Gasteiger partial charge in [-0.2, -0.15) is 0 Å². The zero-order valence-electron chi connectivity index (χ0n) is 35.7. The lowest BCUT2D eigenvalue weighted by molar-refractivity contribution is -0.141. The Morgan fingerprint density at radius 2 is 1.66 bits per heavy atom. The molecule has 0 unspecified atom stereocenters. The fourth-order valence-electron chi connectivity index (χ4n) is 7.32. The summed E-state index contributed by atoms with van der Waals surface area (Å²) in [6.45, 7) is 18.8. The third kappa shape index (κ3) is 11.4. The van der Waals surface area contributed by atoms with Crippen molar-refractivity contribution in [1.82, 2.24) is 36.5 Å². The first-order valence-corrected chi connectivity index (χ1v) is 20.9. The minimum Gasteiger partial charge on any atom is -0.469 e. The van der Waals surface area contributed by atoms with Gasteiger partial charge in [-0.25, -0.2) is 4.98 Å². The first-order valence-electron chi connectivity index (χ1n) is 20.0. The van der Waals surface area contributed by atoms with Gasteiger partial charge in [-0.05, 0) is 34.7 Å². The first-order chi connectivity index (χ1) is 27.1. The third-order valence-electron chi connectivity index (χ3n) is 10.8. The van der Waals surface area contributed by atoms with Crippen LogP contribution in [0.4, 0.5) is 0 Å². The van der Waals surface area contributed by atoms with Crippen LogP contribution in [0.5, 0.6) is 0 Å². The maximum Gasteiger partial charge on any atom is 0.308 e. The van der Waals surface area contributed by atoms with Gasteiger partial charge in [0, 0.05) is 24.0 Å². The third-order valence-corrected chi connectivity index (χ3v) is 11.7. The molecule has 2 saturated heterocycles. The predicted octanol–water partition coefficient (Wildman–Crippen LogP) is 3.48. The summed E-state index contributed by atoms with van der Waals surface area (Å²) in [6.07, 6.45) is 2.04. The van der Waals surface area contributed by atoms with Crippen molar-refractivity contribution in [3.63, 3.8) is 0 Å². The second-order valence-corrected chi connectivity index (χ2v) is 18.8. The Kier molecular flexibility index (Phi) is 15.2. The zero-order chi connectivity index (χ0) is 43.1. The van der Waals surface area contributed by atoms with Gasteiger partial charge in [0.2, 0.25) is 29.5 Å². The van der Waals surface area contributed by atoms with Crippen LogP contribution in [-0.4, -0.2) is 102 Å². The number of hydrogen-bond acceptors (Lipinski definition) is 10. The zero-order valence-corrected chi connectivity index (χ0v) is 36.5. The quantitative estimate of drug-likeness (QED) is 0.211. The number of hydrogen-bond donors (Lipinski definition) is 5. The number of methoxy groups -OCH3 is 1. The van der Waals surface area contributed by atoms with E-state index in [-0.39, 0.29) is 42.5 Å². The van der Waals surface area contributed by atoms with E-state index in [0.717, 1.165) is 5.56 Å². The van der Waals surface area contributed by atoms with Crippen molar-refractivity contribution < 1.29 is 33.5 Å². The highest BCUT2D eigenvalue weighted by Crippen LogP contribution is 2.29. The molecule has 2 fully saturated rings. The van der Waals surface area contributed by atoms with Crippen LogP contribution in [0, 0.1) is 22.7 Å². The standard InChI is InChI=1S/C42H62N8O7S/c1-23(2)30-36(53)49-33(41(5,6)7)35(44-22-28(51)50-19-17-24(3)32(50)38(55)46-30)48-34(42(8,9)10)39(56)47-31(25(4)26-15-13-12-14-16-26)37(54)45-27(21-29(52)57-11)40-43-18-20-58-40/h12-16,18,20,23-25,27,30-34H,17,19,21-22H2,1-11H3,(H,44,48)(H,45,54)(H,46,55)(H,47,56)(H,49,53)/t24-,25+,27-,30+,31+,32+,33-,34-/m1/s1. The molecule has 3 heterocycles. The monoisotopic (exact) mass is 822 g/mol. The number of esters is 1. The van der Waals surface area contributed by atoms with Gasteiger partial charge in [0.05, 0.1) is 32.2 Å². The van der Waals surface area contributed by atoms with Crippen molar-refractivity contribution >= 4 is 52.7 Å². The van der Waals surface area contributed by atoms with Crippen molar-refractivity contribution in [2.24, 2.45) is 27.7 Å². The maximum absolute atomic E-state index is 14.8. The molecule has 0 spiro atoms. The van der Waals surface area contributed by atoms with Crippen molar-refractivity contribution in [3.05, 3.63) is 52.5 Å². The molecule has 2 aliphatic rings. The van der Waals surface area contributed by atoms with E-state index in [0.29, 0.717) is 18.0 Å². The van der Waals surface area contributed by atoms with Gasteiger partial charge in [-0.15, -0.1) is 11.3 Å². The van der Waals surface area contributed by atoms with Gasteiger partial charge in [0.25, 0.3) is 0 Å². The Morgan fingerprint density at radius 3 is 2.22 bits per heavy atom. The molecule has 8 atom stereocenters. The number of fused-ring (bicyclic) bond motifs is 1. The Morgan fingerprint density at radius 1 is 0.983 bits per heavy atom. The molecule has 15 nitrogen and oxygen atoms in total. The number of amides is 5. The van der Waals surface area contributed by atoms with E-state index < -0.39 is 76.7 Å². The molecule has 2 aromatic rings. The van der Waals surface area contributed by atoms with Crippen molar-refractivity contribution in [3.8, 4) is 0 Å². The SMILES string of the molecule is COC(=O)C[C@@H](NC(=O)[C@@H](NC(=O)[C@@H](/N=C1\NCC(=O)N2CC[C@@H](C)[C@H]2C(=O)N[C@@H](C(C)C)C(=O)N[C@H]1C(C)(C)C)C(C)(C)C)[C@@H](C)c1ccccc1)c1nccs1. The highest BCUT2D eigenvalue weighted by atomic mass is 32.1. The van der Waals surface area contributed by atoms with Gasteiger partial charge in [-0.3, -0.25) is 33.8 Å². The van der Waals surface area contributed by atoms with E-state index in [9.17, 15) is 28.8 Å². The van der Waals surface area contributed by atoms with Gasteiger partial charge >= 0.3 is 5.97 Å². The molecular weight excluding hydrogens is 761 g/mol. The molecule has 16 heteroatoms. The Hall–Kier alpha value is -4.86. The molecule has 1 aromatic heterocycles. The number of nitrogens with zero attached hydrogens (tertiary/aromatic N) is 3. The first kappa shape index (κ1) is 45.8. The average Bonchev–Trinajstić information content (AvgIpc) is 3.83. The fraction of sp³-hybridized carbons (Fsp3) is 0.619. The number of thiazole rings is 1. The van der Waals surface area contributed by atoms with Crippen LogP contribution in [0.2, 0.25) is 0 Å². The van der Waals surface area contributed by atoms with E-state index in [4.69, 9.17) is 9.73 Å². The summed E-state index contributed by atoms with van der Waals surface area (Å²) in [7, 11) is 1.27.